The van der Waals surface area contributed by atoms with Crippen LogP contribution in [-0.2, 0) is 0 Å². The van der Waals surface area contributed by atoms with Crippen LogP contribution in [0.1, 0.15) is 20.8 Å². The van der Waals surface area contributed by atoms with Gasteiger partial charge in [0.15, 0.2) is 0 Å². The minimum absolute atomic E-state index is 0.0981. The Hall–Kier alpha value is -3.80. The molecule has 6 heteroatoms. The second-order valence-corrected chi connectivity index (χ2v) is 9.09. The Morgan fingerprint density at radius 2 is 1.72 bits per heavy atom. The molecule has 0 atom stereocenters. The summed E-state index contributed by atoms with van der Waals surface area (Å²) in [5, 5.41) is 5.48. The maximum absolute atomic E-state index is 13.6. The molecule has 0 unspecified atom stereocenters. The first kappa shape index (κ1) is 20.1. The minimum Gasteiger partial charge on any atom is -0.354 e. The number of aromatic nitrogens is 4. The highest BCUT2D eigenvalue weighted by atomic mass is 19.1. The smallest absolute Gasteiger partial charge is 0.223 e. The number of fused-ring (bicyclic) bond motifs is 3. The van der Waals surface area contributed by atoms with Gasteiger partial charge in [0, 0.05) is 29.9 Å². The van der Waals surface area contributed by atoms with Crippen molar-refractivity contribution in [3.8, 4) is 22.6 Å². The predicted octanol–water partition coefficient (Wildman–Crippen LogP) is 6.21. The summed E-state index contributed by atoms with van der Waals surface area (Å²) in [4.78, 5) is 14.2. The van der Waals surface area contributed by atoms with Crippen LogP contribution >= 0.6 is 0 Å². The van der Waals surface area contributed by atoms with Crippen LogP contribution in [0.5, 0.6) is 0 Å². The Balaban J connectivity index is 1.73. The van der Waals surface area contributed by atoms with E-state index in [4.69, 9.17) is 9.97 Å². The van der Waals surface area contributed by atoms with E-state index in [1.54, 1.807) is 18.3 Å². The number of hydrogen-bond donors (Lipinski definition) is 1. The fourth-order valence-corrected chi connectivity index (χ4v) is 3.74. The molecule has 5 nitrogen and oxygen atoms in total. The molecule has 5 rings (SSSR count). The van der Waals surface area contributed by atoms with Crippen molar-refractivity contribution in [1.29, 1.82) is 0 Å². The van der Waals surface area contributed by atoms with Crippen LogP contribution in [0.15, 0.2) is 73.1 Å². The quantitative estimate of drug-likeness (QED) is 0.372. The van der Waals surface area contributed by atoms with E-state index in [0.717, 1.165) is 45.6 Å². The van der Waals surface area contributed by atoms with Crippen molar-refractivity contribution in [2.24, 2.45) is 5.41 Å². The molecule has 2 aromatic carbocycles. The number of halogens is 1. The summed E-state index contributed by atoms with van der Waals surface area (Å²) >= 11 is 0. The van der Waals surface area contributed by atoms with Gasteiger partial charge in [0.05, 0.1) is 17.1 Å². The molecule has 0 saturated carbocycles. The molecule has 0 saturated heterocycles. The Morgan fingerprint density at radius 1 is 0.938 bits per heavy atom. The summed E-state index contributed by atoms with van der Waals surface area (Å²) in [5.74, 6) is 0.290. The lowest BCUT2D eigenvalue weighted by atomic mass is 9.97. The summed E-state index contributed by atoms with van der Waals surface area (Å²) in [6.45, 7) is 7.23. The zero-order valence-electron chi connectivity index (χ0n) is 18.3. The average Bonchev–Trinajstić information content (AvgIpc) is 3.18. The van der Waals surface area contributed by atoms with Crippen molar-refractivity contribution < 1.29 is 4.39 Å². The number of pyridine rings is 1. The number of hydrogen-bond acceptors (Lipinski definition) is 4. The van der Waals surface area contributed by atoms with E-state index in [1.807, 2.05) is 24.4 Å². The maximum atomic E-state index is 13.6. The molecule has 0 amide bonds. The predicted molar refractivity (Wildman–Crippen MR) is 127 cm³/mol. The lowest BCUT2D eigenvalue weighted by Crippen LogP contribution is -2.20. The summed E-state index contributed by atoms with van der Waals surface area (Å²) in [6.07, 6.45) is 3.76. The molecule has 0 bridgehead atoms. The topological polar surface area (TPSA) is 55.1 Å². The first-order valence-corrected chi connectivity index (χ1v) is 10.6. The van der Waals surface area contributed by atoms with Crippen LogP contribution < -0.4 is 5.32 Å². The number of imidazole rings is 1. The van der Waals surface area contributed by atoms with Gasteiger partial charge >= 0.3 is 0 Å². The normalized spacial score (nSPS) is 11.9. The highest BCUT2D eigenvalue weighted by Gasteiger charge is 2.19. The van der Waals surface area contributed by atoms with Crippen LogP contribution in [0.3, 0.4) is 0 Å². The van der Waals surface area contributed by atoms with Gasteiger partial charge in [0.1, 0.15) is 11.5 Å². The van der Waals surface area contributed by atoms with Crippen LogP contribution in [0.25, 0.3) is 39.1 Å². The third-order valence-electron chi connectivity index (χ3n) is 5.31. The number of rotatable bonds is 4. The van der Waals surface area contributed by atoms with E-state index >= 15 is 0 Å². The Bertz CT molecular complexity index is 1410. The lowest BCUT2D eigenvalue weighted by Gasteiger charge is -2.18. The van der Waals surface area contributed by atoms with E-state index < -0.39 is 0 Å². The van der Waals surface area contributed by atoms with Crippen LogP contribution in [0.4, 0.5) is 10.3 Å². The fraction of sp³-hybridized carbons (Fsp3) is 0.192. The van der Waals surface area contributed by atoms with E-state index in [-0.39, 0.29) is 11.2 Å². The first-order valence-electron chi connectivity index (χ1n) is 10.6. The van der Waals surface area contributed by atoms with Gasteiger partial charge in [-0.3, -0.25) is 4.40 Å². The molecule has 32 heavy (non-hydrogen) atoms. The van der Waals surface area contributed by atoms with E-state index in [1.165, 1.54) is 12.1 Å². The van der Waals surface area contributed by atoms with Gasteiger partial charge in [-0.05, 0) is 47.2 Å². The lowest BCUT2D eigenvalue weighted by molar-refractivity contribution is 0.442. The zero-order chi connectivity index (χ0) is 22.3. The molecule has 160 valence electrons. The SMILES string of the molecule is CC(C)(C)CNc1nccc(-c2c(-c3ccc(F)cc3)nc3c4ccccc4ccn23)n1. The van der Waals surface area contributed by atoms with Crippen molar-refractivity contribution in [2.45, 2.75) is 20.8 Å². The number of benzene rings is 2. The largest absolute Gasteiger partial charge is 0.354 e. The minimum atomic E-state index is -0.278. The summed E-state index contributed by atoms with van der Waals surface area (Å²) in [6, 6.07) is 18.5. The molecule has 5 aromatic rings. The maximum Gasteiger partial charge on any atom is 0.223 e. The van der Waals surface area contributed by atoms with Gasteiger partial charge in [0.2, 0.25) is 5.95 Å². The molecular formula is C26H24FN5. The highest BCUT2D eigenvalue weighted by Crippen LogP contribution is 2.34. The van der Waals surface area contributed by atoms with Crippen LogP contribution in [0.2, 0.25) is 0 Å². The molecule has 3 heterocycles. The Morgan fingerprint density at radius 3 is 2.50 bits per heavy atom. The van der Waals surface area contributed by atoms with Gasteiger partial charge in [-0.2, -0.15) is 0 Å². The van der Waals surface area contributed by atoms with Gasteiger partial charge < -0.3 is 5.32 Å². The van der Waals surface area contributed by atoms with Gasteiger partial charge in [-0.25, -0.2) is 19.3 Å². The molecule has 0 aliphatic rings. The van der Waals surface area contributed by atoms with Crippen LogP contribution in [0, 0.1) is 11.2 Å². The number of anilines is 1. The molecule has 0 aliphatic carbocycles. The molecule has 3 aromatic heterocycles. The molecule has 1 N–H and O–H groups in total. The van der Waals surface area contributed by atoms with E-state index in [0.29, 0.717) is 5.95 Å². The van der Waals surface area contributed by atoms with Gasteiger partial charge in [0.25, 0.3) is 0 Å². The molecule has 0 aliphatic heterocycles. The third kappa shape index (κ3) is 3.80. The average molecular weight is 426 g/mol. The number of nitrogens with one attached hydrogen (secondary N) is 1. The standard InChI is InChI=1S/C26H24FN5/c1-26(2,3)16-29-25-28-14-12-21(30-25)23-22(18-8-10-19(27)11-9-18)31-24-20-7-5-4-6-17(20)13-15-32(23)24/h4-15H,16H2,1-3H3,(H,28,29,30). The van der Waals surface area contributed by atoms with E-state index in [2.05, 4.69) is 53.7 Å². The molecular weight excluding hydrogens is 401 g/mol. The summed E-state index contributed by atoms with van der Waals surface area (Å²) in [7, 11) is 0. The van der Waals surface area contributed by atoms with Crippen molar-refractivity contribution in [2.75, 3.05) is 11.9 Å². The molecule has 0 radical (unpaired) electrons. The summed E-state index contributed by atoms with van der Waals surface area (Å²) < 4.78 is 15.7. The van der Waals surface area contributed by atoms with Crippen molar-refractivity contribution in [3.05, 3.63) is 78.9 Å². The molecule has 0 spiro atoms. The second-order valence-electron chi connectivity index (χ2n) is 9.09. The van der Waals surface area contributed by atoms with E-state index in [9.17, 15) is 4.39 Å². The zero-order valence-corrected chi connectivity index (χ0v) is 18.3. The van der Waals surface area contributed by atoms with Crippen LogP contribution in [-0.4, -0.2) is 25.9 Å². The Labute approximate surface area is 186 Å². The van der Waals surface area contributed by atoms with Gasteiger partial charge in [-0.1, -0.05) is 45.0 Å². The monoisotopic (exact) mass is 425 g/mol. The molecule has 0 fully saturated rings. The third-order valence-corrected chi connectivity index (χ3v) is 5.31. The fourth-order valence-electron chi connectivity index (χ4n) is 3.74. The van der Waals surface area contributed by atoms with Crippen molar-refractivity contribution >= 4 is 22.4 Å². The van der Waals surface area contributed by atoms with Crippen molar-refractivity contribution in [1.82, 2.24) is 19.4 Å². The highest BCUT2D eigenvalue weighted by molar-refractivity contribution is 5.97. The number of nitrogens with zero attached hydrogens (tertiary/aromatic N) is 4. The summed E-state index contributed by atoms with van der Waals surface area (Å²) in [5.41, 5.74) is 4.11. The first-order chi connectivity index (χ1) is 15.4. The van der Waals surface area contributed by atoms with Crippen molar-refractivity contribution in [3.63, 3.8) is 0 Å². The second kappa shape index (κ2) is 7.71. The van der Waals surface area contributed by atoms with Gasteiger partial charge in [-0.15, -0.1) is 0 Å². The Kier molecular flexibility index (Phi) is 4.85.